The predicted octanol–water partition coefficient (Wildman–Crippen LogP) is 3.58. The average Bonchev–Trinajstić information content (AvgIpc) is 2.66. The minimum atomic E-state index is 0.820. The van der Waals surface area contributed by atoms with Crippen LogP contribution in [0.25, 0.3) is 10.9 Å². The first-order valence-corrected chi connectivity index (χ1v) is 6.14. The quantitative estimate of drug-likeness (QED) is 0.724. The topological polar surface area (TPSA) is 30.9 Å². The number of fused-ring (bicyclic) bond motifs is 1. The molecule has 0 aliphatic heterocycles. The van der Waals surface area contributed by atoms with Crippen molar-refractivity contribution < 1.29 is 0 Å². The molecule has 0 bridgehead atoms. The maximum absolute atomic E-state index is 6.23. The molecule has 0 radical (unpaired) electrons. The Kier molecular flexibility index (Phi) is 2.56. The fourth-order valence-corrected chi connectivity index (χ4v) is 2.43. The number of nitrogens with zero attached hydrogens (tertiary/aromatic N) is 1. The fraction of sp³-hybridized carbons (Fsp3) is 0.125. The first-order chi connectivity index (χ1) is 8.77. The second-order valence-electron chi connectivity index (χ2n) is 4.60. The molecular weight excluding hydrogens is 220 g/mol. The van der Waals surface area contributed by atoms with Gasteiger partial charge in [-0.15, -0.1) is 0 Å². The van der Waals surface area contributed by atoms with E-state index in [1.165, 1.54) is 22.0 Å². The molecule has 3 aromatic rings. The Morgan fingerprint density at radius 3 is 2.39 bits per heavy atom. The van der Waals surface area contributed by atoms with Crippen LogP contribution in [0.15, 0.2) is 54.6 Å². The van der Waals surface area contributed by atoms with E-state index in [0.29, 0.717) is 0 Å². The normalized spacial score (nSPS) is 10.9. The molecule has 18 heavy (non-hydrogen) atoms. The summed E-state index contributed by atoms with van der Waals surface area (Å²) in [6, 6.07) is 18.8. The molecule has 0 amide bonds. The van der Waals surface area contributed by atoms with Gasteiger partial charge in [-0.25, -0.2) is 0 Å². The van der Waals surface area contributed by atoms with Crippen molar-refractivity contribution in [2.75, 3.05) is 5.73 Å². The zero-order valence-electron chi connectivity index (χ0n) is 10.4. The van der Waals surface area contributed by atoms with Crippen molar-refractivity contribution in [2.45, 2.75) is 13.5 Å². The predicted molar refractivity (Wildman–Crippen MR) is 76.6 cm³/mol. The SMILES string of the molecule is Cc1c(N)n(Cc2ccccc2)c2ccccc12. The van der Waals surface area contributed by atoms with Gasteiger partial charge in [0.15, 0.2) is 0 Å². The Morgan fingerprint density at radius 2 is 1.61 bits per heavy atom. The first-order valence-electron chi connectivity index (χ1n) is 6.14. The highest BCUT2D eigenvalue weighted by atomic mass is 15.0. The van der Waals surface area contributed by atoms with Crippen LogP contribution in [0.3, 0.4) is 0 Å². The summed E-state index contributed by atoms with van der Waals surface area (Å²) in [5, 5.41) is 1.24. The molecule has 0 saturated carbocycles. The van der Waals surface area contributed by atoms with Crippen LogP contribution < -0.4 is 5.73 Å². The summed E-state index contributed by atoms with van der Waals surface area (Å²) in [5.41, 5.74) is 9.87. The summed E-state index contributed by atoms with van der Waals surface area (Å²) in [6.45, 7) is 2.90. The minimum Gasteiger partial charge on any atom is -0.385 e. The summed E-state index contributed by atoms with van der Waals surface area (Å²) in [6.07, 6.45) is 0. The lowest BCUT2D eigenvalue weighted by molar-refractivity contribution is 0.846. The van der Waals surface area contributed by atoms with Gasteiger partial charge in [0.1, 0.15) is 5.82 Å². The number of nitrogens with two attached hydrogens (primary N) is 1. The van der Waals surface area contributed by atoms with Crippen molar-refractivity contribution in [2.24, 2.45) is 0 Å². The lowest BCUT2D eigenvalue weighted by Crippen LogP contribution is -2.04. The Balaban J connectivity index is 2.15. The van der Waals surface area contributed by atoms with Gasteiger partial charge in [0.25, 0.3) is 0 Å². The van der Waals surface area contributed by atoms with Crippen molar-refractivity contribution in [1.82, 2.24) is 4.57 Å². The van der Waals surface area contributed by atoms with E-state index in [9.17, 15) is 0 Å². The number of nitrogen functional groups attached to an aromatic ring is 1. The number of aromatic nitrogens is 1. The molecule has 2 aromatic carbocycles. The van der Waals surface area contributed by atoms with Gasteiger partial charge >= 0.3 is 0 Å². The molecular formula is C16H16N2. The van der Waals surface area contributed by atoms with Crippen molar-refractivity contribution in [3.63, 3.8) is 0 Å². The molecule has 0 aliphatic rings. The molecule has 2 heteroatoms. The largest absolute Gasteiger partial charge is 0.385 e. The van der Waals surface area contributed by atoms with Gasteiger partial charge < -0.3 is 10.3 Å². The van der Waals surface area contributed by atoms with Crippen LogP contribution in [0.4, 0.5) is 5.82 Å². The van der Waals surface area contributed by atoms with Crippen LogP contribution in [-0.4, -0.2) is 4.57 Å². The highest BCUT2D eigenvalue weighted by molar-refractivity contribution is 5.89. The van der Waals surface area contributed by atoms with Gasteiger partial charge in [-0.1, -0.05) is 48.5 Å². The summed E-state index contributed by atoms with van der Waals surface area (Å²) in [5.74, 6) is 0.861. The van der Waals surface area contributed by atoms with E-state index in [2.05, 4.69) is 60.0 Å². The summed E-state index contributed by atoms with van der Waals surface area (Å²) >= 11 is 0. The van der Waals surface area contributed by atoms with Crippen molar-refractivity contribution in [3.05, 3.63) is 65.7 Å². The second-order valence-corrected chi connectivity index (χ2v) is 4.60. The van der Waals surface area contributed by atoms with Crippen LogP contribution in [0.2, 0.25) is 0 Å². The molecule has 2 nitrogen and oxygen atoms in total. The molecule has 0 saturated heterocycles. The van der Waals surface area contributed by atoms with E-state index in [1.54, 1.807) is 0 Å². The molecule has 0 spiro atoms. The Morgan fingerprint density at radius 1 is 0.944 bits per heavy atom. The van der Waals surface area contributed by atoms with E-state index in [1.807, 2.05) is 6.07 Å². The third-order valence-electron chi connectivity index (χ3n) is 3.46. The number of hydrogen-bond acceptors (Lipinski definition) is 1. The number of anilines is 1. The van der Waals surface area contributed by atoms with E-state index in [4.69, 9.17) is 5.73 Å². The molecule has 0 fully saturated rings. The van der Waals surface area contributed by atoms with Crippen molar-refractivity contribution in [3.8, 4) is 0 Å². The first kappa shape index (κ1) is 10.9. The van der Waals surface area contributed by atoms with Gasteiger partial charge in [0.05, 0.1) is 5.52 Å². The Labute approximate surface area is 107 Å². The van der Waals surface area contributed by atoms with Gasteiger partial charge in [-0.05, 0) is 24.1 Å². The maximum Gasteiger partial charge on any atom is 0.107 e. The lowest BCUT2D eigenvalue weighted by atomic mass is 10.2. The van der Waals surface area contributed by atoms with E-state index in [-0.39, 0.29) is 0 Å². The molecule has 0 atom stereocenters. The second kappa shape index (κ2) is 4.22. The van der Waals surface area contributed by atoms with Crippen molar-refractivity contribution in [1.29, 1.82) is 0 Å². The Hall–Kier alpha value is -2.22. The zero-order valence-corrected chi connectivity index (χ0v) is 10.4. The van der Waals surface area contributed by atoms with Crippen LogP contribution in [0.1, 0.15) is 11.1 Å². The fourth-order valence-electron chi connectivity index (χ4n) is 2.43. The van der Waals surface area contributed by atoms with Crippen LogP contribution in [0.5, 0.6) is 0 Å². The van der Waals surface area contributed by atoms with Crippen molar-refractivity contribution >= 4 is 16.7 Å². The average molecular weight is 236 g/mol. The molecule has 2 N–H and O–H groups in total. The minimum absolute atomic E-state index is 0.820. The zero-order chi connectivity index (χ0) is 12.5. The van der Waals surface area contributed by atoms with Crippen LogP contribution in [-0.2, 0) is 6.54 Å². The monoisotopic (exact) mass is 236 g/mol. The molecule has 1 aromatic heterocycles. The number of benzene rings is 2. The summed E-state index contributed by atoms with van der Waals surface area (Å²) in [7, 11) is 0. The number of hydrogen-bond donors (Lipinski definition) is 1. The third-order valence-corrected chi connectivity index (χ3v) is 3.46. The highest BCUT2D eigenvalue weighted by Gasteiger charge is 2.10. The molecule has 0 aliphatic carbocycles. The number of rotatable bonds is 2. The van der Waals surface area contributed by atoms with E-state index in [0.717, 1.165) is 12.4 Å². The van der Waals surface area contributed by atoms with Crippen LogP contribution in [0, 0.1) is 6.92 Å². The van der Waals surface area contributed by atoms with Gasteiger partial charge in [-0.2, -0.15) is 0 Å². The smallest absolute Gasteiger partial charge is 0.107 e. The Bertz CT molecular complexity index is 681. The number of aryl methyl sites for hydroxylation is 1. The molecule has 3 rings (SSSR count). The summed E-state index contributed by atoms with van der Waals surface area (Å²) < 4.78 is 2.18. The highest BCUT2D eigenvalue weighted by Crippen LogP contribution is 2.27. The molecule has 90 valence electrons. The summed E-state index contributed by atoms with van der Waals surface area (Å²) in [4.78, 5) is 0. The van der Waals surface area contributed by atoms with Gasteiger partial charge in [0.2, 0.25) is 0 Å². The maximum atomic E-state index is 6.23. The van der Waals surface area contributed by atoms with E-state index < -0.39 is 0 Å². The molecule has 1 heterocycles. The lowest BCUT2D eigenvalue weighted by Gasteiger charge is -2.08. The molecule has 0 unspecified atom stereocenters. The standard InChI is InChI=1S/C16H16N2/c1-12-14-9-5-6-10-15(14)18(16(12)17)11-13-7-3-2-4-8-13/h2-10H,11,17H2,1H3. The van der Waals surface area contributed by atoms with E-state index >= 15 is 0 Å². The van der Waals surface area contributed by atoms with Gasteiger partial charge in [0, 0.05) is 11.9 Å². The van der Waals surface area contributed by atoms with Gasteiger partial charge in [-0.3, -0.25) is 0 Å². The number of para-hydroxylation sites is 1. The third kappa shape index (κ3) is 1.66. The van der Waals surface area contributed by atoms with Crippen LogP contribution >= 0.6 is 0 Å².